The van der Waals surface area contributed by atoms with Crippen LogP contribution in [0, 0.1) is 0 Å². The molecule has 0 atom stereocenters. The fourth-order valence-electron chi connectivity index (χ4n) is 3.21. The summed E-state index contributed by atoms with van der Waals surface area (Å²) in [5, 5.41) is 7.14. The van der Waals surface area contributed by atoms with Crippen LogP contribution in [0.2, 0.25) is 5.02 Å². The Hall–Kier alpha value is -2.67. The smallest absolute Gasteiger partial charge is 0.244 e. The summed E-state index contributed by atoms with van der Waals surface area (Å²) in [7, 11) is 0. The topological polar surface area (TPSA) is 73.1 Å². The van der Waals surface area contributed by atoms with Gasteiger partial charge >= 0.3 is 0 Å². The zero-order valence-corrected chi connectivity index (χ0v) is 17.5. The normalized spacial score (nSPS) is 14.8. The van der Waals surface area contributed by atoms with Crippen LogP contribution in [0.4, 0.5) is 5.69 Å². The molecule has 1 aromatic carbocycles. The number of rotatable bonds is 7. The first-order chi connectivity index (χ1) is 14.2. The Bertz CT molecular complexity index is 784. The Morgan fingerprint density at radius 1 is 1.14 bits per heavy atom. The average Bonchev–Trinajstić information content (AvgIpc) is 3.26. The second-order valence-electron chi connectivity index (χ2n) is 6.80. The number of benzene rings is 1. The number of halogens is 1. The van der Waals surface area contributed by atoms with E-state index in [-0.39, 0.29) is 12.5 Å². The summed E-state index contributed by atoms with van der Waals surface area (Å²) in [5.41, 5.74) is 1.13. The molecule has 1 fully saturated rings. The molecule has 0 spiro atoms. The van der Waals surface area contributed by atoms with Gasteiger partial charge in [-0.25, -0.2) is 4.99 Å². The zero-order chi connectivity index (χ0) is 20.5. The van der Waals surface area contributed by atoms with Gasteiger partial charge in [-0.1, -0.05) is 11.6 Å². The third-order valence-electron chi connectivity index (χ3n) is 4.78. The summed E-state index contributed by atoms with van der Waals surface area (Å²) in [5.74, 6) is 1.61. The molecule has 2 N–H and O–H groups in total. The first-order valence-electron chi connectivity index (χ1n) is 9.98. The Kier molecular flexibility index (Phi) is 7.81. The molecule has 1 aromatic heterocycles. The molecular weight excluding hydrogens is 390 g/mol. The van der Waals surface area contributed by atoms with Crippen molar-refractivity contribution in [1.82, 2.24) is 15.5 Å². The van der Waals surface area contributed by atoms with Gasteiger partial charge in [0.2, 0.25) is 5.91 Å². The van der Waals surface area contributed by atoms with Gasteiger partial charge < -0.3 is 24.9 Å². The maximum absolute atomic E-state index is 12.6. The Labute approximate surface area is 176 Å². The van der Waals surface area contributed by atoms with Crippen molar-refractivity contribution in [2.45, 2.75) is 13.3 Å². The summed E-state index contributed by atoms with van der Waals surface area (Å²) >= 11 is 5.96. The molecule has 7 nitrogen and oxygen atoms in total. The maximum Gasteiger partial charge on any atom is 0.244 e. The number of anilines is 1. The highest BCUT2D eigenvalue weighted by Crippen LogP contribution is 2.19. The van der Waals surface area contributed by atoms with Crippen molar-refractivity contribution >= 4 is 29.2 Å². The highest BCUT2D eigenvalue weighted by atomic mass is 35.5. The molecular formula is C21H28ClN5O2. The van der Waals surface area contributed by atoms with E-state index in [4.69, 9.17) is 16.0 Å². The molecule has 0 aliphatic carbocycles. The number of hydrogen-bond donors (Lipinski definition) is 2. The van der Waals surface area contributed by atoms with E-state index in [0.717, 1.165) is 42.5 Å². The fraction of sp³-hybridized carbons (Fsp3) is 0.429. The van der Waals surface area contributed by atoms with E-state index in [1.54, 1.807) is 6.26 Å². The highest BCUT2D eigenvalue weighted by molar-refractivity contribution is 6.30. The molecule has 8 heteroatoms. The Morgan fingerprint density at radius 3 is 2.55 bits per heavy atom. The van der Waals surface area contributed by atoms with Gasteiger partial charge in [-0.3, -0.25) is 4.79 Å². The summed E-state index contributed by atoms with van der Waals surface area (Å²) in [6.07, 6.45) is 2.43. The van der Waals surface area contributed by atoms with E-state index in [9.17, 15) is 4.79 Å². The van der Waals surface area contributed by atoms with Gasteiger partial charge in [-0.15, -0.1) is 0 Å². The van der Waals surface area contributed by atoms with E-state index < -0.39 is 0 Å². The first kappa shape index (κ1) is 21.0. The number of piperazine rings is 1. The Balaban J connectivity index is 1.44. The van der Waals surface area contributed by atoms with Crippen molar-refractivity contribution in [3.8, 4) is 0 Å². The van der Waals surface area contributed by atoms with E-state index in [0.29, 0.717) is 25.6 Å². The molecule has 1 saturated heterocycles. The van der Waals surface area contributed by atoms with E-state index in [2.05, 4.69) is 20.5 Å². The lowest BCUT2D eigenvalue weighted by atomic mass is 10.2. The Morgan fingerprint density at radius 2 is 1.90 bits per heavy atom. The second-order valence-corrected chi connectivity index (χ2v) is 7.23. The van der Waals surface area contributed by atoms with Crippen LogP contribution in [0.25, 0.3) is 0 Å². The lowest BCUT2D eigenvalue weighted by molar-refractivity contribution is -0.129. The lowest BCUT2D eigenvalue weighted by Gasteiger charge is -2.36. The number of furan rings is 1. The zero-order valence-electron chi connectivity index (χ0n) is 16.7. The van der Waals surface area contributed by atoms with Crippen molar-refractivity contribution in [2.75, 3.05) is 50.7 Å². The minimum atomic E-state index is 0.0454. The van der Waals surface area contributed by atoms with Crippen LogP contribution < -0.4 is 15.5 Å². The SMILES string of the molecule is CCNC(=NCC(=O)N1CCN(c2ccc(Cl)cc2)CC1)NCCc1ccco1. The number of nitrogens with one attached hydrogen (secondary N) is 2. The number of aliphatic imine (C=N–C) groups is 1. The quantitative estimate of drug-likeness (QED) is 0.534. The molecule has 2 aromatic rings. The molecule has 1 amide bonds. The minimum absolute atomic E-state index is 0.0454. The van der Waals surface area contributed by atoms with Crippen molar-refractivity contribution in [3.05, 3.63) is 53.4 Å². The summed E-state index contributed by atoms with van der Waals surface area (Å²) in [6.45, 7) is 6.56. The maximum atomic E-state index is 12.6. The molecule has 0 unspecified atom stereocenters. The van der Waals surface area contributed by atoms with Crippen LogP contribution in [-0.4, -0.2) is 62.6 Å². The van der Waals surface area contributed by atoms with Gasteiger partial charge in [0, 0.05) is 56.4 Å². The number of amides is 1. The second kappa shape index (κ2) is 10.8. The van der Waals surface area contributed by atoms with Crippen molar-refractivity contribution in [3.63, 3.8) is 0 Å². The van der Waals surface area contributed by atoms with Gasteiger partial charge in [-0.2, -0.15) is 0 Å². The largest absolute Gasteiger partial charge is 0.469 e. The van der Waals surface area contributed by atoms with Crippen LogP contribution in [-0.2, 0) is 11.2 Å². The van der Waals surface area contributed by atoms with Gasteiger partial charge in [0.05, 0.1) is 6.26 Å². The van der Waals surface area contributed by atoms with E-state index in [1.165, 1.54) is 0 Å². The van der Waals surface area contributed by atoms with Crippen LogP contribution in [0.3, 0.4) is 0 Å². The fourth-order valence-corrected chi connectivity index (χ4v) is 3.34. The van der Waals surface area contributed by atoms with Crippen LogP contribution >= 0.6 is 11.6 Å². The molecule has 0 radical (unpaired) electrons. The third kappa shape index (κ3) is 6.42. The average molecular weight is 418 g/mol. The van der Waals surface area contributed by atoms with Gasteiger partial charge in [0.25, 0.3) is 0 Å². The molecule has 0 saturated carbocycles. The summed E-state index contributed by atoms with van der Waals surface area (Å²) in [4.78, 5) is 21.2. The van der Waals surface area contributed by atoms with Crippen molar-refractivity contribution < 1.29 is 9.21 Å². The lowest BCUT2D eigenvalue weighted by Crippen LogP contribution is -2.49. The molecule has 0 bridgehead atoms. The van der Waals surface area contributed by atoms with Gasteiger partial charge in [0.1, 0.15) is 12.3 Å². The molecule has 2 heterocycles. The van der Waals surface area contributed by atoms with Crippen LogP contribution in [0.1, 0.15) is 12.7 Å². The van der Waals surface area contributed by atoms with Crippen molar-refractivity contribution in [1.29, 1.82) is 0 Å². The van der Waals surface area contributed by atoms with Crippen LogP contribution in [0.15, 0.2) is 52.1 Å². The van der Waals surface area contributed by atoms with E-state index in [1.807, 2.05) is 48.2 Å². The first-order valence-corrected chi connectivity index (χ1v) is 10.4. The standard InChI is InChI=1S/C21H28ClN5O2/c1-2-23-21(24-10-9-19-4-3-15-29-19)25-16-20(28)27-13-11-26(12-14-27)18-7-5-17(22)6-8-18/h3-8,15H,2,9-14,16H2,1H3,(H2,23,24,25). The monoisotopic (exact) mass is 417 g/mol. The highest BCUT2D eigenvalue weighted by Gasteiger charge is 2.21. The minimum Gasteiger partial charge on any atom is -0.469 e. The molecule has 1 aliphatic rings. The molecule has 3 rings (SSSR count). The number of hydrogen-bond acceptors (Lipinski definition) is 4. The number of carbonyl (C=O) groups excluding carboxylic acids is 1. The van der Waals surface area contributed by atoms with Crippen molar-refractivity contribution in [2.24, 2.45) is 4.99 Å². The number of guanidine groups is 1. The summed E-state index contributed by atoms with van der Waals surface area (Å²) in [6, 6.07) is 11.6. The van der Waals surface area contributed by atoms with E-state index >= 15 is 0 Å². The molecule has 156 valence electrons. The molecule has 1 aliphatic heterocycles. The molecule has 29 heavy (non-hydrogen) atoms. The number of nitrogens with zero attached hydrogens (tertiary/aromatic N) is 3. The van der Waals surface area contributed by atoms with Gasteiger partial charge in [0.15, 0.2) is 5.96 Å². The summed E-state index contributed by atoms with van der Waals surface area (Å²) < 4.78 is 5.33. The number of carbonyl (C=O) groups is 1. The van der Waals surface area contributed by atoms with Gasteiger partial charge in [-0.05, 0) is 43.3 Å². The third-order valence-corrected chi connectivity index (χ3v) is 5.04. The van der Waals surface area contributed by atoms with Crippen LogP contribution in [0.5, 0.6) is 0 Å². The predicted molar refractivity (Wildman–Crippen MR) is 117 cm³/mol. The predicted octanol–water partition coefficient (Wildman–Crippen LogP) is 2.38.